The molecule has 0 saturated carbocycles. The molecule has 0 heterocycles. The molecule has 0 aliphatic carbocycles. The van der Waals surface area contributed by atoms with Gasteiger partial charge in [-0.15, -0.1) is 0 Å². The summed E-state index contributed by atoms with van der Waals surface area (Å²) in [6.45, 7) is 0. The topological polar surface area (TPSA) is 0 Å². The van der Waals surface area contributed by atoms with Gasteiger partial charge < -0.3 is 0 Å². The molecule has 4 heavy (non-hydrogen) atoms. The van der Waals surface area contributed by atoms with E-state index in [1.807, 2.05) is 0 Å². The number of hydrogen-bond acceptors (Lipinski definition) is 0. The van der Waals surface area contributed by atoms with Gasteiger partial charge in [0.1, 0.15) is 0 Å². The van der Waals surface area contributed by atoms with Gasteiger partial charge in [-0.05, 0) is 0 Å². The molecule has 0 aliphatic rings. The van der Waals surface area contributed by atoms with Crippen molar-refractivity contribution in [1.82, 2.24) is 0 Å². The van der Waals surface area contributed by atoms with E-state index in [2.05, 4.69) is 8.01 Å². The van der Waals surface area contributed by atoms with Crippen LogP contribution in [-0.2, 0) is 27.7 Å². The van der Waals surface area contributed by atoms with Gasteiger partial charge in [0.05, 0.1) is 0 Å². The van der Waals surface area contributed by atoms with Crippen LogP contribution in [0, 0.1) is 0 Å². The summed E-state index contributed by atoms with van der Waals surface area (Å²) in [5.74, 6) is 0. The molecular weight excluding hydrogens is 395 g/mol. The summed E-state index contributed by atoms with van der Waals surface area (Å²) in [5.41, 5.74) is 0. The van der Waals surface area contributed by atoms with Crippen LogP contribution in [0.4, 0.5) is 0 Å². The molecule has 0 saturated heterocycles. The third-order valence-electron chi connectivity index (χ3n) is 0. The summed E-state index contributed by atoms with van der Waals surface area (Å²) in [6.07, 6.45) is 0. The monoisotopic (exact) mass is 402 g/mol. The van der Waals surface area contributed by atoms with Gasteiger partial charge in [0.2, 0.25) is 0 Å². The second-order valence-corrected chi connectivity index (χ2v) is 29.2. The van der Waals surface area contributed by atoms with E-state index < -0.39 is 0 Å². The van der Waals surface area contributed by atoms with Crippen molar-refractivity contribution in [3.05, 3.63) is 0 Å². The Morgan fingerprint density at radius 3 is 1.75 bits per heavy atom. The molecule has 0 aliphatic heterocycles. The zero-order valence-electron chi connectivity index (χ0n) is 2.86. The molecule has 0 rings (SSSR count). The van der Waals surface area contributed by atoms with Crippen LogP contribution in [0.25, 0.3) is 0 Å². The summed E-state index contributed by atoms with van der Waals surface area (Å²) in [4.78, 5) is 0. The second kappa shape index (κ2) is 9.47. The average Bonchev–Trinajstić information content (AvgIpc) is 0.918. The number of hydrogen-bond donors (Lipinski definition) is 0. The molecule has 0 atom stereocenters. The Morgan fingerprint density at radius 2 is 1.75 bits per heavy atom. The van der Waals surface area contributed by atoms with Gasteiger partial charge in [0.15, 0.2) is 0 Å². The molecule has 0 nitrogen and oxygen atoms in total. The fraction of sp³-hybridized carbons (Fsp3) is 0. The van der Waals surface area contributed by atoms with E-state index >= 15 is 0 Å². The molecule has 0 radical (unpaired) electrons. The summed E-state index contributed by atoms with van der Waals surface area (Å²) < 4.78 is 1.55. The van der Waals surface area contributed by atoms with E-state index in [9.17, 15) is 0 Å². The number of rotatable bonds is 0. The van der Waals surface area contributed by atoms with Crippen molar-refractivity contribution >= 4 is 48.5 Å². The Bertz CT molecular complexity index is 8.00. The van der Waals surface area contributed by atoms with Gasteiger partial charge in [-0.3, -0.25) is 0 Å². The third kappa shape index (κ3) is 8.94. The standard InChI is InChI=1S/Hg.H2Se.H3Si.Sr/h;1H2;1H3;/q;;;+1/p-1. The van der Waals surface area contributed by atoms with Gasteiger partial charge in [-0.2, -0.15) is 0 Å². The first-order valence-electron chi connectivity index (χ1n) is 1.02. The first-order chi connectivity index (χ1) is 1.41. The quantitative estimate of drug-likeness (QED) is 0.405. The van der Waals surface area contributed by atoms with Crippen LogP contribution < -0.4 is 0 Å². The molecule has 0 aromatic carbocycles. The Kier molecular flexibility index (Phi) is 24.1. The van der Waals surface area contributed by atoms with Crippen molar-refractivity contribution in [2.24, 2.45) is 0 Å². The molecule has 18 valence electrons. The maximum absolute atomic E-state index is 2.74. The zero-order chi connectivity index (χ0) is 2.71. The maximum atomic E-state index is 2.74. The van der Waals surface area contributed by atoms with Crippen molar-refractivity contribution < 1.29 is 27.7 Å². The Morgan fingerprint density at radius 1 is 1.75 bits per heavy atom. The van der Waals surface area contributed by atoms with E-state index in [1.54, 1.807) is 4.00 Å². The average molecular weight is 399 g/mol. The van der Waals surface area contributed by atoms with E-state index in [-0.39, 0.29) is 64.2 Å². The fourth-order valence-electron chi connectivity index (χ4n) is 0. The SMILES string of the molecule is [Hg].[SiH3][Sr][SeH]. The van der Waals surface area contributed by atoms with Crippen LogP contribution in [0.1, 0.15) is 0 Å². The minimum atomic E-state index is 0. The minimum absolute atomic E-state index is 0. The molecule has 0 aromatic rings. The molecule has 4 heteroatoms. The van der Waals surface area contributed by atoms with Crippen LogP contribution >= 0.6 is 0 Å². The third-order valence-corrected chi connectivity index (χ3v) is 0. The van der Waals surface area contributed by atoms with E-state index in [0.717, 1.165) is 0 Å². The van der Waals surface area contributed by atoms with Gasteiger partial charge >= 0.3 is 48.5 Å². The van der Waals surface area contributed by atoms with Crippen molar-refractivity contribution in [1.29, 1.82) is 0 Å². The fourth-order valence-corrected chi connectivity index (χ4v) is 0. The molecule has 0 fully saturated rings. The summed E-state index contributed by atoms with van der Waals surface area (Å²) >= 11 is 0.0664. The van der Waals surface area contributed by atoms with E-state index in [4.69, 9.17) is 0 Å². The first-order valence-corrected chi connectivity index (χ1v) is 22.3. The molecule has 0 amide bonds. The Balaban J connectivity index is 0. The summed E-state index contributed by atoms with van der Waals surface area (Å²) in [5, 5.41) is 0. The molecule has 0 aromatic heterocycles. The molecule has 0 spiro atoms. The predicted molar refractivity (Wildman–Crippen MR) is 22.8 cm³/mol. The van der Waals surface area contributed by atoms with Gasteiger partial charge in [0.25, 0.3) is 0 Å². The normalized spacial score (nSPS) is 3.25. The predicted octanol–water partition coefficient (Wildman–Crippen LogP) is -2.22. The van der Waals surface area contributed by atoms with Gasteiger partial charge in [-0.1, -0.05) is 0 Å². The van der Waals surface area contributed by atoms with Crippen molar-refractivity contribution in [2.75, 3.05) is 0 Å². The Labute approximate surface area is 73.8 Å². The van der Waals surface area contributed by atoms with Crippen LogP contribution in [0.3, 0.4) is 0 Å². The zero-order valence-corrected chi connectivity index (χ0v) is 15.7. The van der Waals surface area contributed by atoms with Crippen molar-refractivity contribution in [3.8, 4) is 0 Å². The molecular formula is H4HgSeSiSr. The summed E-state index contributed by atoms with van der Waals surface area (Å²) in [7, 11) is 2.74. The van der Waals surface area contributed by atoms with Crippen LogP contribution in [0.2, 0.25) is 0 Å². The van der Waals surface area contributed by atoms with E-state index in [1.165, 1.54) is 0 Å². The molecule has 0 unspecified atom stereocenters. The molecule has 0 N–H and O–H groups in total. The molecule has 0 bridgehead atoms. The van der Waals surface area contributed by atoms with Crippen molar-refractivity contribution in [2.45, 2.75) is 0 Å². The van der Waals surface area contributed by atoms with Crippen LogP contribution in [-0.4, -0.2) is 48.5 Å². The second-order valence-electron chi connectivity index (χ2n) is 0.316. The first kappa shape index (κ1) is 10.2. The Hall–Kier alpha value is 3.15. The van der Waals surface area contributed by atoms with Gasteiger partial charge in [-0.25, -0.2) is 0 Å². The van der Waals surface area contributed by atoms with Crippen LogP contribution in [0.5, 0.6) is 0 Å². The van der Waals surface area contributed by atoms with Gasteiger partial charge in [0, 0.05) is 27.7 Å². The van der Waals surface area contributed by atoms with E-state index in [0.29, 0.717) is 0 Å². The summed E-state index contributed by atoms with van der Waals surface area (Å²) in [6, 6.07) is 0. The van der Waals surface area contributed by atoms with Crippen molar-refractivity contribution in [3.63, 3.8) is 0 Å². The van der Waals surface area contributed by atoms with Crippen LogP contribution in [0.15, 0.2) is 0 Å².